The maximum Gasteiger partial charge on any atom is 0.255 e. The van der Waals surface area contributed by atoms with Crippen molar-refractivity contribution in [3.8, 4) is 5.75 Å². The van der Waals surface area contributed by atoms with Crippen LogP contribution < -0.4 is 10.1 Å². The maximum absolute atomic E-state index is 12.7. The van der Waals surface area contributed by atoms with Gasteiger partial charge in [0.15, 0.2) is 0 Å². The minimum absolute atomic E-state index is 0.139. The molecular formula is C23H20N2O2. The van der Waals surface area contributed by atoms with Crippen molar-refractivity contribution in [2.75, 3.05) is 12.4 Å². The molecule has 0 spiro atoms. The molecule has 3 aromatic carbocycles. The third kappa shape index (κ3) is 3.55. The van der Waals surface area contributed by atoms with Crippen molar-refractivity contribution in [2.45, 2.75) is 6.54 Å². The summed E-state index contributed by atoms with van der Waals surface area (Å²) in [6, 6.07) is 25.5. The molecule has 1 aromatic heterocycles. The number of aromatic nitrogens is 1. The van der Waals surface area contributed by atoms with Crippen LogP contribution in [0.25, 0.3) is 10.9 Å². The third-order valence-electron chi connectivity index (χ3n) is 4.58. The van der Waals surface area contributed by atoms with Gasteiger partial charge in [-0.1, -0.05) is 48.5 Å². The largest absolute Gasteiger partial charge is 0.497 e. The highest BCUT2D eigenvalue weighted by Gasteiger charge is 2.12. The number of methoxy groups -OCH3 is 1. The molecule has 4 heteroatoms. The monoisotopic (exact) mass is 356 g/mol. The van der Waals surface area contributed by atoms with E-state index in [4.69, 9.17) is 4.74 Å². The number of anilines is 1. The number of para-hydroxylation sites is 1. The molecule has 0 radical (unpaired) electrons. The lowest BCUT2D eigenvalue weighted by molar-refractivity contribution is 0.102. The van der Waals surface area contributed by atoms with Gasteiger partial charge in [0.2, 0.25) is 0 Å². The van der Waals surface area contributed by atoms with Crippen LogP contribution in [0.15, 0.2) is 85.1 Å². The second-order valence-electron chi connectivity index (χ2n) is 6.36. The summed E-state index contributed by atoms with van der Waals surface area (Å²) >= 11 is 0. The fourth-order valence-corrected chi connectivity index (χ4v) is 3.19. The normalized spacial score (nSPS) is 10.7. The molecule has 1 N–H and O–H groups in total. The highest BCUT2D eigenvalue weighted by Crippen LogP contribution is 2.27. The fraction of sp³-hybridized carbons (Fsp3) is 0.0870. The van der Waals surface area contributed by atoms with Crippen LogP contribution in [0.4, 0.5) is 5.69 Å². The van der Waals surface area contributed by atoms with Gasteiger partial charge < -0.3 is 14.6 Å². The zero-order valence-electron chi connectivity index (χ0n) is 15.1. The number of ether oxygens (including phenoxy) is 1. The number of nitrogens with one attached hydrogen (secondary N) is 1. The van der Waals surface area contributed by atoms with E-state index in [9.17, 15) is 4.79 Å². The van der Waals surface area contributed by atoms with Gasteiger partial charge in [0.05, 0.1) is 18.3 Å². The van der Waals surface area contributed by atoms with E-state index in [1.165, 1.54) is 5.56 Å². The fourth-order valence-electron chi connectivity index (χ4n) is 3.19. The lowest BCUT2D eigenvalue weighted by atomic mass is 10.2. The number of rotatable bonds is 5. The van der Waals surface area contributed by atoms with E-state index in [0.717, 1.165) is 28.9 Å². The summed E-state index contributed by atoms with van der Waals surface area (Å²) in [6.45, 7) is 0.750. The minimum atomic E-state index is -0.139. The maximum atomic E-state index is 12.7. The summed E-state index contributed by atoms with van der Waals surface area (Å²) in [5, 5.41) is 4.07. The van der Waals surface area contributed by atoms with Crippen LogP contribution in [0.1, 0.15) is 15.9 Å². The van der Waals surface area contributed by atoms with E-state index in [1.807, 2.05) is 42.6 Å². The van der Waals surface area contributed by atoms with Crippen LogP contribution >= 0.6 is 0 Å². The lowest BCUT2D eigenvalue weighted by Crippen LogP contribution is -2.11. The molecular weight excluding hydrogens is 336 g/mol. The molecule has 0 aliphatic rings. The molecule has 1 heterocycles. The average molecular weight is 356 g/mol. The Balaban J connectivity index is 1.64. The number of nitrogens with zero attached hydrogens (tertiary/aromatic N) is 1. The van der Waals surface area contributed by atoms with Crippen molar-refractivity contribution in [3.05, 3.63) is 96.2 Å². The zero-order valence-corrected chi connectivity index (χ0v) is 15.1. The number of carbonyl (C=O) groups is 1. The Morgan fingerprint density at radius 2 is 1.63 bits per heavy atom. The van der Waals surface area contributed by atoms with Crippen molar-refractivity contribution < 1.29 is 9.53 Å². The van der Waals surface area contributed by atoms with Crippen LogP contribution in [0.3, 0.4) is 0 Å². The summed E-state index contributed by atoms with van der Waals surface area (Å²) in [5.41, 5.74) is 3.70. The van der Waals surface area contributed by atoms with Crippen LogP contribution in [-0.2, 0) is 6.54 Å². The number of carbonyl (C=O) groups excluding carboxylic acids is 1. The third-order valence-corrected chi connectivity index (χ3v) is 4.58. The lowest BCUT2D eigenvalue weighted by Gasteiger charge is -2.05. The summed E-state index contributed by atoms with van der Waals surface area (Å²) in [4.78, 5) is 12.7. The van der Waals surface area contributed by atoms with E-state index < -0.39 is 0 Å². The number of fused-ring (bicyclic) bond motifs is 1. The van der Waals surface area contributed by atoms with E-state index in [1.54, 1.807) is 31.4 Å². The molecule has 0 aliphatic carbocycles. The van der Waals surface area contributed by atoms with Crippen LogP contribution in [0.2, 0.25) is 0 Å². The Morgan fingerprint density at radius 3 is 2.37 bits per heavy atom. The van der Waals surface area contributed by atoms with Crippen molar-refractivity contribution in [2.24, 2.45) is 0 Å². The summed E-state index contributed by atoms with van der Waals surface area (Å²) in [5.74, 6) is 0.589. The first-order valence-electron chi connectivity index (χ1n) is 8.82. The smallest absolute Gasteiger partial charge is 0.255 e. The van der Waals surface area contributed by atoms with Crippen molar-refractivity contribution in [3.63, 3.8) is 0 Å². The van der Waals surface area contributed by atoms with Crippen molar-refractivity contribution in [1.29, 1.82) is 0 Å². The minimum Gasteiger partial charge on any atom is -0.497 e. The second-order valence-corrected chi connectivity index (χ2v) is 6.36. The molecule has 27 heavy (non-hydrogen) atoms. The molecule has 4 nitrogen and oxygen atoms in total. The topological polar surface area (TPSA) is 43.3 Å². The SMILES string of the molecule is COc1ccc(C(=O)Nc2cn(Cc3ccccc3)c3ccccc23)cc1. The number of hydrogen-bond donors (Lipinski definition) is 1. The summed E-state index contributed by atoms with van der Waals surface area (Å²) in [7, 11) is 1.61. The molecule has 0 saturated heterocycles. The van der Waals surface area contributed by atoms with Crippen LogP contribution in [0, 0.1) is 0 Å². The Hall–Kier alpha value is -3.53. The Kier molecular flexibility index (Phi) is 4.62. The molecule has 0 bridgehead atoms. The average Bonchev–Trinajstić information content (AvgIpc) is 3.06. The zero-order chi connectivity index (χ0) is 18.6. The van der Waals surface area contributed by atoms with Gasteiger partial charge in [0, 0.05) is 23.7 Å². The molecule has 0 saturated carbocycles. The van der Waals surface area contributed by atoms with E-state index >= 15 is 0 Å². The highest BCUT2D eigenvalue weighted by molar-refractivity contribution is 6.09. The Labute approximate surface area is 158 Å². The van der Waals surface area contributed by atoms with E-state index in [2.05, 4.69) is 28.1 Å². The number of benzene rings is 3. The molecule has 4 aromatic rings. The molecule has 0 fully saturated rings. The number of hydrogen-bond acceptors (Lipinski definition) is 2. The van der Waals surface area contributed by atoms with Crippen LogP contribution in [-0.4, -0.2) is 17.6 Å². The van der Waals surface area contributed by atoms with Gasteiger partial charge in [-0.3, -0.25) is 4.79 Å². The van der Waals surface area contributed by atoms with Gasteiger partial charge in [-0.15, -0.1) is 0 Å². The molecule has 1 amide bonds. The van der Waals surface area contributed by atoms with Gasteiger partial charge in [0.25, 0.3) is 5.91 Å². The van der Waals surface area contributed by atoms with E-state index in [0.29, 0.717) is 5.56 Å². The summed E-state index contributed by atoms with van der Waals surface area (Å²) in [6.07, 6.45) is 2.00. The van der Waals surface area contributed by atoms with Crippen molar-refractivity contribution in [1.82, 2.24) is 4.57 Å². The van der Waals surface area contributed by atoms with Gasteiger partial charge in [-0.25, -0.2) is 0 Å². The molecule has 0 aliphatic heterocycles. The predicted octanol–water partition coefficient (Wildman–Crippen LogP) is 4.95. The predicted molar refractivity (Wildman–Crippen MR) is 108 cm³/mol. The first-order chi connectivity index (χ1) is 13.2. The van der Waals surface area contributed by atoms with Crippen LogP contribution in [0.5, 0.6) is 5.75 Å². The summed E-state index contributed by atoms with van der Waals surface area (Å²) < 4.78 is 7.31. The second kappa shape index (κ2) is 7.38. The highest BCUT2D eigenvalue weighted by atomic mass is 16.5. The number of amides is 1. The quantitative estimate of drug-likeness (QED) is 0.550. The van der Waals surface area contributed by atoms with Gasteiger partial charge in [0.1, 0.15) is 5.75 Å². The molecule has 134 valence electrons. The first kappa shape index (κ1) is 16.9. The first-order valence-corrected chi connectivity index (χ1v) is 8.82. The molecule has 0 atom stereocenters. The van der Waals surface area contributed by atoms with Gasteiger partial charge >= 0.3 is 0 Å². The molecule has 0 unspecified atom stereocenters. The van der Waals surface area contributed by atoms with E-state index in [-0.39, 0.29) is 5.91 Å². The standard InChI is InChI=1S/C23H20N2O2/c1-27-19-13-11-18(12-14-19)23(26)24-21-16-25(15-17-7-3-2-4-8-17)22-10-6-5-9-20(21)22/h2-14,16H,15H2,1H3,(H,24,26). The van der Waals surface area contributed by atoms with Gasteiger partial charge in [-0.2, -0.15) is 0 Å². The van der Waals surface area contributed by atoms with Gasteiger partial charge in [-0.05, 0) is 35.9 Å². The Morgan fingerprint density at radius 1 is 0.926 bits per heavy atom. The Bertz CT molecular complexity index is 1070. The van der Waals surface area contributed by atoms with Crippen molar-refractivity contribution >= 4 is 22.5 Å². The molecule has 4 rings (SSSR count).